The highest BCUT2D eigenvalue weighted by Gasteiger charge is 2.42. The standard InChI is InChI=1S/C14H21NO4/c1-17-10-3-4-11(12(7-10)18-2)13(16)14(8-15)5-6-19-9-14/h3-4,7,13,16H,5-6,8-9,15H2,1-2H3. The van der Waals surface area contributed by atoms with Crippen molar-refractivity contribution in [3.8, 4) is 11.5 Å². The van der Waals surface area contributed by atoms with E-state index in [2.05, 4.69) is 0 Å². The van der Waals surface area contributed by atoms with E-state index in [-0.39, 0.29) is 0 Å². The van der Waals surface area contributed by atoms with Crippen molar-refractivity contribution in [2.24, 2.45) is 11.1 Å². The molecule has 3 N–H and O–H groups in total. The van der Waals surface area contributed by atoms with Gasteiger partial charge in [0.25, 0.3) is 0 Å². The van der Waals surface area contributed by atoms with Gasteiger partial charge in [-0.05, 0) is 18.6 Å². The number of ether oxygens (including phenoxy) is 3. The summed E-state index contributed by atoms with van der Waals surface area (Å²) in [5.74, 6) is 1.30. The summed E-state index contributed by atoms with van der Waals surface area (Å²) in [6, 6.07) is 5.39. The SMILES string of the molecule is COc1ccc(C(O)C2(CN)CCOC2)c(OC)c1. The maximum Gasteiger partial charge on any atom is 0.128 e. The number of hydrogen-bond donors (Lipinski definition) is 2. The van der Waals surface area contributed by atoms with E-state index in [4.69, 9.17) is 19.9 Å². The molecule has 5 nitrogen and oxygen atoms in total. The van der Waals surface area contributed by atoms with Crippen molar-refractivity contribution in [2.45, 2.75) is 12.5 Å². The van der Waals surface area contributed by atoms with Crippen LogP contribution in [-0.4, -0.2) is 39.1 Å². The Balaban J connectivity index is 2.34. The van der Waals surface area contributed by atoms with Gasteiger partial charge in [-0.1, -0.05) is 0 Å². The van der Waals surface area contributed by atoms with Crippen LogP contribution in [0.4, 0.5) is 0 Å². The highest BCUT2D eigenvalue weighted by Crippen LogP contribution is 2.43. The molecule has 0 amide bonds. The van der Waals surface area contributed by atoms with E-state index in [0.717, 1.165) is 12.0 Å². The van der Waals surface area contributed by atoms with Gasteiger partial charge >= 0.3 is 0 Å². The molecule has 2 unspecified atom stereocenters. The van der Waals surface area contributed by atoms with Gasteiger partial charge in [0.2, 0.25) is 0 Å². The van der Waals surface area contributed by atoms with Gasteiger partial charge in [0.05, 0.1) is 26.9 Å². The summed E-state index contributed by atoms with van der Waals surface area (Å²) < 4.78 is 15.9. The van der Waals surface area contributed by atoms with Crippen molar-refractivity contribution >= 4 is 0 Å². The van der Waals surface area contributed by atoms with Crippen molar-refractivity contribution in [3.05, 3.63) is 23.8 Å². The summed E-state index contributed by atoms with van der Waals surface area (Å²) in [4.78, 5) is 0. The Morgan fingerprint density at radius 3 is 2.74 bits per heavy atom. The summed E-state index contributed by atoms with van der Waals surface area (Å²) in [7, 11) is 3.17. The predicted octanol–water partition coefficient (Wildman–Crippen LogP) is 1.10. The third-order valence-electron chi connectivity index (χ3n) is 3.86. The van der Waals surface area contributed by atoms with Crippen molar-refractivity contribution < 1.29 is 19.3 Å². The number of aliphatic hydroxyl groups excluding tert-OH is 1. The van der Waals surface area contributed by atoms with Crippen LogP contribution in [0.5, 0.6) is 11.5 Å². The zero-order chi connectivity index (χ0) is 13.9. The molecular weight excluding hydrogens is 246 g/mol. The van der Waals surface area contributed by atoms with E-state index in [0.29, 0.717) is 31.3 Å². The Labute approximate surface area is 113 Å². The molecule has 2 atom stereocenters. The average Bonchev–Trinajstić information content (AvgIpc) is 2.95. The van der Waals surface area contributed by atoms with E-state index in [1.807, 2.05) is 6.07 Å². The Morgan fingerprint density at radius 2 is 2.21 bits per heavy atom. The summed E-state index contributed by atoms with van der Waals surface area (Å²) in [6.45, 7) is 1.48. The molecule has 1 heterocycles. The van der Waals surface area contributed by atoms with Crippen LogP contribution in [0, 0.1) is 5.41 Å². The molecule has 5 heteroatoms. The Hall–Kier alpha value is -1.30. The molecule has 19 heavy (non-hydrogen) atoms. The first-order valence-electron chi connectivity index (χ1n) is 6.34. The molecule has 0 bridgehead atoms. The van der Waals surface area contributed by atoms with Crippen molar-refractivity contribution in [3.63, 3.8) is 0 Å². The lowest BCUT2D eigenvalue weighted by atomic mass is 9.78. The second-order valence-electron chi connectivity index (χ2n) is 4.88. The molecule has 1 saturated heterocycles. The predicted molar refractivity (Wildman–Crippen MR) is 71.4 cm³/mol. The van der Waals surface area contributed by atoms with Crippen LogP contribution in [0.15, 0.2) is 18.2 Å². The van der Waals surface area contributed by atoms with Crippen LogP contribution in [0.2, 0.25) is 0 Å². The Bertz CT molecular complexity index is 429. The maximum atomic E-state index is 10.7. The second-order valence-corrected chi connectivity index (χ2v) is 4.88. The van der Waals surface area contributed by atoms with Crippen LogP contribution in [0.25, 0.3) is 0 Å². The molecule has 0 aromatic heterocycles. The second kappa shape index (κ2) is 5.77. The van der Waals surface area contributed by atoms with Gasteiger partial charge in [0, 0.05) is 30.2 Å². The fourth-order valence-electron chi connectivity index (χ4n) is 2.49. The number of aliphatic hydroxyl groups is 1. The molecular formula is C14H21NO4. The summed E-state index contributed by atoms with van der Waals surface area (Å²) in [6.07, 6.45) is 0.0423. The molecule has 2 rings (SSSR count). The van der Waals surface area contributed by atoms with E-state index < -0.39 is 11.5 Å². The van der Waals surface area contributed by atoms with Gasteiger partial charge in [0.15, 0.2) is 0 Å². The van der Waals surface area contributed by atoms with Crippen LogP contribution in [-0.2, 0) is 4.74 Å². The van der Waals surface area contributed by atoms with E-state index in [1.54, 1.807) is 26.4 Å². The lowest BCUT2D eigenvalue weighted by Crippen LogP contribution is -2.37. The van der Waals surface area contributed by atoms with Crippen LogP contribution in [0.3, 0.4) is 0 Å². The highest BCUT2D eigenvalue weighted by molar-refractivity contribution is 5.42. The molecule has 106 valence electrons. The third-order valence-corrected chi connectivity index (χ3v) is 3.86. The number of benzene rings is 1. The lowest BCUT2D eigenvalue weighted by molar-refractivity contribution is 0.0175. The minimum atomic E-state index is -0.708. The molecule has 1 aliphatic rings. The summed E-state index contributed by atoms with van der Waals surface area (Å²) in [5.41, 5.74) is 6.14. The van der Waals surface area contributed by atoms with Crippen LogP contribution < -0.4 is 15.2 Å². The first-order valence-corrected chi connectivity index (χ1v) is 6.34. The normalized spacial score (nSPS) is 24.2. The molecule has 1 aliphatic heterocycles. The number of methoxy groups -OCH3 is 2. The fraction of sp³-hybridized carbons (Fsp3) is 0.571. The minimum Gasteiger partial charge on any atom is -0.497 e. The number of nitrogens with two attached hydrogens (primary N) is 1. The van der Waals surface area contributed by atoms with E-state index in [1.165, 1.54) is 0 Å². The average molecular weight is 267 g/mol. The summed E-state index contributed by atoms with van der Waals surface area (Å²) in [5, 5.41) is 10.7. The zero-order valence-electron chi connectivity index (χ0n) is 11.4. The summed E-state index contributed by atoms with van der Waals surface area (Å²) >= 11 is 0. The smallest absolute Gasteiger partial charge is 0.128 e. The van der Waals surface area contributed by atoms with Crippen LogP contribution in [0.1, 0.15) is 18.1 Å². The zero-order valence-corrected chi connectivity index (χ0v) is 11.4. The van der Waals surface area contributed by atoms with Gasteiger partial charge in [-0.2, -0.15) is 0 Å². The fourth-order valence-corrected chi connectivity index (χ4v) is 2.49. The van der Waals surface area contributed by atoms with E-state index >= 15 is 0 Å². The molecule has 0 aliphatic carbocycles. The monoisotopic (exact) mass is 267 g/mol. The largest absolute Gasteiger partial charge is 0.497 e. The van der Waals surface area contributed by atoms with Gasteiger partial charge in [-0.15, -0.1) is 0 Å². The molecule has 0 saturated carbocycles. The maximum absolute atomic E-state index is 10.7. The van der Waals surface area contributed by atoms with Gasteiger partial charge < -0.3 is 25.1 Å². The Kier molecular flexibility index (Phi) is 4.29. The van der Waals surface area contributed by atoms with Gasteiger partial charge in [-0.3, -0.25) is 0 Å². The molecule has 1 aromatic rings. The van der Waals surface area contributed by atoms with Gasteiger partial charge in [0.1, 0.15) is 11.5 Å². The van der Waals surface area contributed by atoms with Crippen molar-refractivity contribution in [2.75, 3.05) is 34.0 Å². The van der Waals surface area contributed by atoms with Crippen molar-refractivity contribution in [1.29, 1.82) is 0 Å². The van der Waals surface area contributed by atoms with Gasteiger partial charge in [-0.25, -0.2) is 0 Å². The quantitative estimate of drug-likeness (QED) is 0.835. The number of hydrogen-bond acceptors (Lipinski definition) is 5. The van der Waals surface area contributed by atoms with Crippen LogP contribution >= 0.6 is 0 Å². The lowest BCUT2D eigenvalue weighted by Gasteiger charge is -2.32. The van der Waals surface area contributed by atoms with Crippen molar-refractivity contribution in [1.82, 2.24) is 0 Å². The molecule has 1 aromatic carbocycles. The molecule has 0 radical (unpaired) electrons. The first kappa shape index (κ1) is 14.1. The molecule has 0 spiro atoms. The van der Waals surface area contributed by atoms with E-state index in [9.17, 15) is 5.11 Å². The highest BCUT2D eigenvalue weighted by atomic mass is 16.5. The first-order chi connectivity index (χ1) is 9.16. The Morgan fingerprint density at radius 1 is 1.42 bits per heavy atom. The number of rotatable bonds is 5. The molecule has 1 fully saturated rings. The third kappa shape index (κ3) is 2.54. The topological polar surface area (TPSA) is 73.9 Å². The minimum absolute atomic E-state index is 0.378.